The van der Waals surface area contributed by atoms with Gasteiger partial charge in [0.15, 0.2) is 5.82 Å². The van der Waals surface area contributed by atoms with Gasteiger partial charge in [-0.2, -0.15) is 0 Å². The predicted molar refractivity (Wildman–Crippen MR) is 118 cm³/mol. The molecule has 0 atom stereocenters. The van der Waals surface area contributed by atoms with Gasteiger partial charge in [-0.1, -0.05) is 57.9 Å². The van der Waals surface area contributed by atoms with Crippen molar-refractivity contribution < 1.29 is 4.79 Å². The van der Waals surface area contributed by atoms with E-state index in [9.17, 15) is 4.79 Å². The van der Waals surface area contributed by atoms with E-state index in [1.807, 2.05) is 86.6 Å². The molecule has 0 radical (unpaired) electrons. The number of nitrogens with one attached hydrogen (secondary N) is 1. The van der Waals surface area contributed by atoms with E-state index in [2.05, 4.69) is 31.3 Å². The first kappa shape index (κ1) is 19.1. The highest BCUT2D eigenvalue weighted by Crippen LogP contribution is 2.23. The third-order valence-electron chi connectivity index (χ3n) is 4.47. The minimum atomic E-state index is -0.355. The van der Waals surface area contributed by atoms with Crippen LogP contribution in [0.1, 0.15) is 21.7 Å². The van der Waals surface area contributed by atoms with Gasteiger partial charge in [0.2, 0.25) is 5.82 Å². The van der Waals surface area contributed by atoms with Crippen LogP contribution < -0.4 is 5.32 Å². The van der Waals surface area contributed by atoms with E-state index in [4.69, 9.17) is 0 Å². The van der Waals surface area contributed by atoms with Crippen molar-refractivity contribution >= 4 is 27.5 Å². The van der Waals surface area contributed by atoms with Crippen molar-refractivity contribution in [1.82, 2.24) is 14.8 Å². The number of nitrogens with zero attached hydrogens (tertiary/aromatic N) is 3. The predicted octanol–water partition coefficient (Wildman–Crippen LogP) is 5.57. The average Bonchev–Trinajstić information content (AvgIpc) is 3.16. The van der Waals surface area contributed by atoms with Crippen molar-refractivity contribution in [3.63, 3.8) is 0 Å². The lowest BCUT2D eigenvalue weighted by Crippen LogP contribution is -2.14. The number of carbonyl (C=O) groups is 1. The summed E-state index contributed by atoms with van der Waals surface area (Å²) >= 11 is 3.39. The molecule has 5 nitrogen and oxygen atoms in total. The smallest absolute Gasteiger partial charge is 0.295 e. The van der Waals surface area contributed by atoms with E-state index >= 15 is 0 Å². The minimum absolute atomic E-state index is 0.116. The van der Waals surface area contributed by atoms with Crippen LogP contribution in [0, 0.1) is 13.8 Å². The van der Waals surface area contributed by atoms with E-state index < -0.39 is 0 Å². The normalized spacial score (nSPS) is 10.7. The van der Waals surface area contributed by atoms with E-state index in [1.54, 1.807) is 4.68 Å². The van der Waals surface area contributed by atoms with Gasteiger partial charge in [0.05, 0.1) is 5.69 Å². The molecule has 0 saturated carbocycles. The fourth-order valence-electron chi connectivity index (χ4n) is 2.96. The second kappa shape index (κ2) is 8.01. The molecule has 0 spiro atoms. The Balaban J connectivity index is 1.75. The van der Waals surface area contributed by atoms with Gasteiger partial charge in [-0.25, -0.2) is 9.67 Å². The Bertz CT molecular complexity index is 1160. The summed E-state index contributed by atoms with van der Waals surface area (Å²) in [5.41, 5.74) is 4.70. The van der Waals surface area contributed by atoms with Crippen LogP contribution in [-0.4, -0.2) is 20.7 Å². The molecule has 0 bridgehead atoms. The van der Waals surface area contributed by atoms with Gasteiger partial charge in [0.1, 0.15) is 0 Å². The minimum Gasteiger partial charge on any atom is -0.319 e. The number of halogens is 1. The van der Waals surface area contributed by atoms with Crippen LogP contribution >= 0.6 is 15.9 Å². The summed E-state index contributed by atoms with van der Waals surface area (Å²) in [4.78, 5) is 17.3. The van der Waals surface area contributed by atoms with Gasteiger partial charge in [-0.3, -0.25) is 4.79 Å². The number of aryl methyl sites for hydroxylation is 2. The molecule has 0 aliphatic rings. The Hall–Kier alpha value is -3.25. The van der Waals surface area contributed by atoms with Gasteiger partial charge < -0.3 is 5.32 Å². The van der Waals surface area contributed by atoms with Crippen LogP contribution in [0.25, 0.3) is 17.1 Å². The Morgan fingerprint density at radius 2 is 1.66 bits per heavy atom. The van der Waals surface area contributed by atoms with Gasteiger partial charge in [0, 0.05) is 15.7 Å². The van der Waals surface area contributed by atoms with Gasteiger partial charge >= 0.3 is 0 Å². The zero-order chi connectivity index (χ0) is 20.4. The topological polar surface area (TPSA) is 59.8 Å². The lowest BCUT2D eigenvalue weighted by molar-refractivity contribution is 0.101. The molecular weight excluding hydrogens is 428 g/mol. The van der Waals surface area contributed by atoms with E-state index in [0.717, 1.165) is 26.9 Å². The highest BCUT2D eigenvalue weighted by Gasteiger charge is 2.19. The van der Waals surface area contributed by atoms with Crippen LogP contribution in [0.5, 0.6) is 0 Å². The number of anilines is 1. The molecule has 6 heteroatoms. The number of hydrogen-bond acceptors (Lipinski definition) is 3. The Morgan fingerprint density at radius 1 is 0.931 bits per heavy atom. The summed E-state index contributed by atoms with van der Waals surface area (Å²) in [5, 5.41) is 7.37. The van der Waals surface area contributed by atoms with Crippen molar-refractivity contribution in [3.05, 3.63) is 94.2 Å². The molecule has 0 saturated heterocycles. The summed E-state index contributed by atoms with van der Waals surface area (Å²) < 4.78 is 2.66. The number of rotatable bonds is 4. The first-order valence-electron chi connectivity index (χ1n) is 9.18. The second-order valence-corrected chi connectivity index (χ2v) is 7.75. The molecule has 1 heterocycles. The summed E-state index contributed by atoms with van der Waals surface area (Å²) in [6, 6.07) is 23.3. The van der Waals surface area contributed by atoms with Crippen LogP contribution in [0.2, 0.25) is 0 Å². The summed E-state index contributed by atoms with van der Waals surface area (Å²) in [6.07, 6.45) is 0. The van der Waals surface area contributed by atoms with Crippen molar-refractivity contribution in [2.45, 2.75) is 13.8 Å². The number of hydrogen-bond donors (Lipinski definition) is 1. The van der Waals surface area contributed by atoms with Crippen LogP contribution in [0.15, 0.2) is 77.3 Å². The van der Waals surface area contributed by atoms with Gasteiger partial charge in [-0.05, 0) is 55.8 Å². The molecule has 3 aromatic carbocycles. The molecule has 0 aliphatic heterocycles. The maximum atomic E-state index is 12.8. The zero-order valence-electron chi connectivity index (χ0n) is 16.1. The Labute approximate surface area is 177 Å². The third-order valence-corrected chi connectivity index (χ3v) is 5.00. The fraction of sp³-hybridized carbons (Fsp3) is 0.0870. The van der Waals surface area contributed by atoms with Crippen molar-refractivity contribution in [2.75, 3.05) is 5.32 Å². The second-order valence-electron chi connectivity index (χ2n) is 6.84. The largest absolute Gasteiger partial charge is 0.319 e. The maximum Gasteiger partial charge on any atom is 0.295 e. The van der Waals surface area contributed by atoms with Gasteiger partial charge in [0.25, 0.3) is 5.91 Å². The van der Waals surface area contributed by atoms with Crippen molar-refractivity contribution in [1.29, 1.82) is 0 Å². The number of amides is 1. The molecule has 1 amide bonds. The number of benzene rings is 3. The molecule has 4 rings (SSSR count). The van der Waals surface area contributed by atoms with E-state index in [1.165, 1.54) is 0 Å². The van der Waals surface area contributed by atoms with Gasteiger partial charge in [-0.15, -0.1) is 5.10 Å². The summed E-state index contributed by atoms with van der Waals surface area (Å²) in [5.74, 6) is 0.383. The fourth-order valence-corrected chi connectivity index (χ4v) is 3.22. The molecule has 0 aliphatic carbocycles. The summed E-state index contributed by atoms with van der Waals surface area (Å²) in [7, 11) is 0. The molecule has 144 valence electrons. The Morgan fingerprint density at radius 3 is 2.34 bits per heavy atom. The average molecular weight is 447 g/mol. The SMILES string of the molecule is Cc1ccc(-c2nc(C(=O)Nc3ccc(Br)cc3)nn2-c2cccc(C)c2)cc1. The highest BCUT2D eigenvalue weighted by atomic mass is 79.9. The van der Waals surface area contributed by atoms with E-state index in [0.29, 0.717) is 11.5 Å². The van der Waals surface area contributed by atoms with Crippen LogP contribution in [0.3, 0.4) is 0 Å². The highest BCUT2D eigenvalue weighted by molar-refractivity contribution is 9.10. The van der Waals surface area contributed by atoms with Crippen LogP contribution in [0.4, 0.5) is 5.69 Å². The molecule has 0 unspecified atom stereocenters. The number of carbonyl (C=O) groups excluding carboxylic acids is 1. The van der Waals surface area contributed by atoms with Crippen molar-refractivity contribution in [2.24, 2.45) is 0 Å². The lowest BCUT2D eigenvalue weighted by Gasteiger charge is -2.07. The number of aromatic nitrogens is 3. The first-order valence-corrected chi connectivity index (χ1v) is 9.97. The molecule has 0 fully saturated rings. The molecule has 29 heavy (non-hydrogen) atoms. The molecule has 1 aromatic heterocycles. The van der Waals surface area contributed by atoms with Crippen molar-refractivity contribution in [3.8, 4) is 17.1 Å². The Kier molecular flexibility index (Phi) is 5.27. The standard InChI is InChI=1S/C23H19BrN4O/c1-15-6-8-17(9-7-15)22-26-21(23(29)25-19-12-10-18(24)11-13-19)27-28(22)20-5-3-4-16(2)14-20/h3-14H,1-2H3,(H,25,29). The zero-order valence-corrected chi connectivity index (χ0v) is 17.6. The molecular formula is C23H19BrN4O. The quantitative estimate of drug-likeness (QED) is 0.445. The monoisotopic (exact) mass is 446 g/mol. The molecule has 1 N–H and O–H groups in total. The lowest BCUT2D eigenvalue weighted by atomic mass is 10.1. The first-order chi connectivity index (χ1) is 14.0. The van der Waals surface area contributed by atoms with Crippen LogP contribution in [-0.2, 0) is 0 Å². The molecule has 4 aromatic rings. The third kappa shape index (κ3) is 4.27. The maximum absolute atomic E-state index is 12.8. The summed E-state index contributed by atoms with van der Waals surface area (Å²) in [6.45, 7) is 4.05. The van der Waals surface area contributed by atoms with E-state index in [-0.39, 0.29) is 11.7 Å².